The Morgan fingerprint density at radius 1 is 1.47 bits per heavy atom. The molecule has 0 aromatic heterocycles. The van der Waals surface area contributed by atoms with Crippen LogP contribution in [0, 0.1) is 6.92 Å². The van der Waals surface area contributed by atoms with E-state index in [1.165, 1.54) is 0 Å². The van der Waals surface area contributed by atoms with Gasteiger partial charge in [0, 0.05) is 18.3 Å². The summed E-state index contributed by atoms with van der Waals surface area (Å²) in [5.41, 5.74) is 8.64. The Morgan fingerprint density at radius 2 is 2.20 bits per heavy atom. The molecule has 0 atom stereocenters. The Hall–Kier alpha value is -1.51. The molecule has 0 unspecified atom stereocenters. The molecule has 0 fully saturated rings. The molecule has 15 heavy (non-hydrogen) atoms. The molecule has 3 heteroatoms. The van der Waals surface area contributed by atoms with Crippen LogP contribution in [-0.4, -0.2) is 19.9 Å². The van der Waals surface area contributed by atoms with E-state index in [0.29, 0.717) is 11.4 Å². The van der Waals surface area contributed by atoms with Gasteiger partial charge >= 0.3 is 0 Å². The average Bonchev–Trinajstić information content (AvgIpc) is 2.23. The van der Waals surface area contributed by atoms with Crippen LogP contribution in [0.4, 0.5) is 5.69 Å². The summed E-state index contributed by atoms with van der Waals surface area (Å²) in [6.07, 6.45) is 2.85. The van der Waals surface area contributed by atoms with Crippen molar-refractivity contribution in [1.29, 1.82) is 0 Å². The van der Waals surface area contributed by atoms with Crippen LogP contribution in [0.5, 0.6) is 5.75 Å². The van der Waals surface area contributed by atoms with Crippen LogP contribution in [0.2, 0.25) is 0 Å². The van der Waals surface area contributed by atoms with Gasteiger partial charge in [-0.1, -0.05) is 6.92 Å². The van der Waals surface area contributed by atoms with Crippen molar-refractivity contribution in [3.05, 3.63) is 23.3 Å². The number of aryl methyl sites for hydroxylation is 1. The van der Waals surface area contributed by atoms with E-state index in [0.717, 1.165) is 24.1 Å². The number of anilines is 1. The summed E-state index contributed by atoms with van der Waals surface area (Å²) in [6, 6.07) is 3.93. The molecule has 0 amide bonds. The van der Waals surface area contributed by atoms with Crippen molar-refractivity contribution in [2.24, 2.45) is 4.99 Å². The molecule has 0 aliphatic heterocycles. The number of hydrogen-bond donors (Lipinski definition) is 1. The van der Waals surface area contributed by atoms with Crippen LogP contribution in [0.25, 0.3) is 0 Å². The molecule has 0 saturated carbocycles. The predicted molar refractivity (Wildman–Crippen MR) is 64.9 cm³/mol. The first-order valence-electron chi connectivity index (χ1n) is 5.13. The third kappa shape index (κ3) is 2.98. The molecule has 0 heterocycles. The van der Waals surface area contributed by atoms with Crippen molar-refractivity contribution < 1.29 is 4.74 Å². The zero-order valence-corrected chi connectivity index (χ0v) is 9.58. The lowest BCUT2D eigenvalue weighted by atomic mass is 10.1. The van der Waals surface area contributed by atoms with E-state index >= 15 is 0 Å². The topological polar surface area (TPSA) is 47.6 Å². The highest BCUT2D eigenvalue weighted by Crippen LogP contribution is 2.25. The zero-order valence-electron chi connectivity index (χ0n) is 9.58. The Bertz CT molecular complexity index is 359. The molecule has 0 aliphatic carbocycles. The first kappa shape index (κ1) is 11.6. The fourth-order valence-electron chi connectivity index (χ4n) is 1.36. The van der Waals surface area contributed by atoms with E-state index in [1.54, 1.807) is 7.11 Å². The van der Waals surface area contributed by atoms with Crippen molar-refractivity contribution in [3.63, 3.8) is 0 Å². The average molecular weight is 206 g/mol. The highest BCUT2D eigenvalue weighted by molar-refractivity contribution is 5.89. The first-order chi connectivity index (χ1) is 7.19. The molecule has 0 aliphatic rings. The smallest absolute Gasteiger partial charge is 0.142 e. The second-order valence-corrected chi connectivity index (χ2v) is 3.51. The summed E-state index contributed by atoms with van der Waals surface area (Å²) in [5.74, 6) is 0.716. The van der Waals surface area contributed by atoms with Crippen molar-refractivity contribution in [2.75, 3.05) is 19.4 Å². The molecular formula is C12H18N2O. The number of aliphatic imine (C=N–C) groups is 1. The molecule has 2 N–H and O–H groups in total. The largest absolute Gasteiger partial charge is 0.495 e. The van der Waals surface area contributed by atoms with Gasteiger partial charge in [-0.15, -0.1) is 0 Å². The second kappa shape index (κ2) is 5.39. The number of benzene rings is 1. The molecule has 82 valence electrons. The van der Waals surface area contributed by atoms with Gasteiger partial charge in [0.05, 0.1) is 12.8 Å². The summed E-state index contributed by atoms with van der Waals surface area (Å²) in [4.78, 5) is 4.28. The maximum Gasteiger partial charge on any atom is 0.142 e. The summed E-state index contributed by atoms with van der Waals surface area (Å²) in [7, 11) is 1.62. The molecule has 1 aromatic rings. The van der Waals surface area contributed by atoms with Crippen molar-refractivity contribution in [3.8, 4) is 5.75 Å². The van der Waals surface area contributed by atoms with E-state index < -0.39 is 0 Å². The number of hydrogen-bond acceptors (Lipinski definition) is 3. The predicted octanol–water partition coefficient (Wildman–Crippen LogP) is 2.41. The SMILES string of the molecule is CCCN=Cc1cc(C)cc(OC)c1N. The van der Waals surface area contributed by atoms with Gasteiger partial charge in [-0.25, -0.2) is 0 Å². The summed E-state index contributed by atoms with van der Waals surface area (Å²) in [6.45, 7) is 4.94. The van der Waals surface area contributed by atoms with Crippen LogP contribution in [0.15, 0.2) is 17.1 Å². The number of nitrogens with two attached hydrogens (primary N) is 1. The number of nitrogen functional groups attached to an aromatic ring is 1. The van der Waals surface area contributed by atoms with Crippen molar-refractivity contribution in [1.82, 2.24) is 0 Å². The highest BCUT2D eigenvalue weighted by Gasteiger charge is 2.04. The van der Waals surface area contributed by atoms with Crippen LogP contribution in [0.3, 0.4) is 0 Å². The van der Waals surface area contributed by atoms with Crippen molar-refractivity contribution >= 4 is 11.9 Å². The van der Waals surface area contributed by atoms with Crippen molar-refractivity contribution in [2.45, 2.75) is 20.3 Å². The number of methoxy groups -OCH3 is 1. The van der Waals surface area contributed by atoms with Gasteiger partial charge in [-0.05, 0) is 31.0 Å². The van der Waals surface area contributed by atoms with E-state index in [9.17, 15) is 0 Å². The zero-order chi connectivity index (χ0) is 11.3. The highest BCUT2D eigenvalue weighted by atomic mass is 16.5. The molecule has 1 rings (SSSR count). The van der Waals surface area contributed by atoms with E-state index in [4.69, 9.17) is 10.5 Å². The van der Waals surface area contributed by atoms with Gasteiger partial charge in [0.1, 0.15) is 5.75 Å². The summed E-state index contributed by atoms with van der Waals surface area (Å²) < 4.78 is 5.19. The molecule has 3 nitrogen and oxygen atoms in total. The maximum atomic E-state index is 5.93. The maximum absolute atomic E-state index is 5.93. The fourth-order valence-corrected chi connectivity index (χ4v) is 1.36. The fraction of sp³-hybridized carbons (Fsp3) is 0.417. The summed E-state index contributed by atoms with van der Waals surface area (Å²) >= 11 is 0. The lowest BCUT2D eigenvalue weighted by Crippen LogP contribution is -1.99. The Balaban J connectivity index is 3.01. The lowest BCUT2D eigenvalue weighted by molar-refractivity contribution is 0.416. The Morgan fingerprint density at radius 3 is 2.80 bits per heavy atom. The van der Waals surface area contributed by atoms with Crippen LogP contribution in [-0.2, 0) is 0 Å². The second-order valence-electron chi connectivity index (χ2n) is 3.51. The minimum Gasteiger partial charge on any atom is -0.495 e. The molecule has 0 spiro atoms. The van der Waals surface area contributed by atoms with Crippen LogP contribution < -0.4 is 10.5 Å². The number of nitrogens with zero attached hydrogens (tertiary/aromatic N) is 1. The van der Waals surface area contributed by atoms with Crippen LogP contribution >= 0.6 is 0 Å². The minimum absolute atomic E-state index is 0.656. The molecular weight excluding hydrogens is 188 g/mol. The van der Waals surface area contributed by atoms with Gasteiger partial charge in [0.2, 0.25) is 0 Å². The molecule has 0 saturated heterocycles. The third-order valence-corrected chi connectivity index (χ3v) is 2.12. The normalized spacial score (nSPS) is 10.9. The molecule has 0 bridgehead atoms. The monoisotopic (exact) mass is 206 g/mol. The Kier molecular flexibility index (Phi) is 4.16. The van der Waals surface area contributed by atoms with Gasteiger partial charge in [0.15, 0.2) is 0 Å². The first-order valence-corrected chi connectivity index (χ1v) is 5.13. The van der Waals surface area contributed by atoms with Gasteiger partial charge in [-0.2, -0.15) is 0 Å². The van der Waals surface area contributed by atoms with Gasteiger partial charge in [0.25, 0.3) is 0 Å². The minimum atomic E-state index is 0.656. The lowest BCUT2D eigenvalue weighted by Gasteiger charge is -2.08. The standard InChI is InChI=1S/C12H18N2O/c1-4-5-14-8-10-6-9(2)7-11(15-3)12(10)13/h6-8H,4-5,13H2,1-3H3. The van der Waals surface area contributed by atoms with E-state index in [1.807, 2.05) is 25.3 Å². The molecule has 0 radical (unpaired) electrons. The quantitative estimate of drug-likeness (QED) is 0.607. The van der Waals surface area contributed by atoms with Gasteiger partial charge < -0.3 is 10.5 Å². The molecule has 1 aromatic carbocycles. The Labute approximate surface area is 91.0 Å². The summed E-state index contributed by atoms with van der Waals surface area (Å²) in [5, 5.41) is 0. The van der Waals surface area contributed by atoms with E-state index in [-0.39, 0.29) is 0 Å². The van der Waals surface area contributed by atoms with Gasteiger partial charge in [-0.3, -0.25) is 4.99 Å². The van der Waals surface area contributed by atoms with E-state index in [2.05, 4.69) is 11.9 Å². The number of rotatable bonds is 4. The van der Waals surface area contributed by atoms with Crippen LogP contribution in [0.1, 0.15) is 24.5 Å². The number of ether oxygens (including phenoxy) is 1. The third-order valence-electron chi connectivity index (χ3n) is 2.12.